The number of anilines is 1. The lowest BCUT2D eigenvalue weighted by Gasteiger charge is -2.15. The molecule has 0 atom stereocenters. The van der Waals surface area contributed by atoms with Crippen LogP contribution in [0.1, 0.15) is 22.8 Å². The molecular weight excluding hydrogens is 354 g/mol. The third-order valence-corrected chi connectivity index (χ3v) is 5.00. The molecule has 0 aromatic heterocycles. The number of amides is 1. The molecule has 2 aromatic rings. The Balaban J connectivity index is 1.93. The van der Waals surface area contributed by atoms with Crippen LogP contribution in [0.4, 0.5) is 5.69 Å². The Morgan fingerprint density at radius 3 is 2.68 bits per heavy atom. The number of Topliss-reactive ketones (excluding diaryl/α,β-unsaturated/α-hetero) is 1. The van der Waals surface area contributed by atoms with E-state index < -0.39 is 0 Å². The van der Waals surface area contributed by atoms with Gasteiger partial charge in [0.1, 0.15) is 5.75 Å². The van der Waals surface area contributed by atoms with E-state index in [1.165, 1.54) is 23.6 Å². The van der Waals surface area contributed by atoms with Gasteiger partial charge in [-0.1, -0.05) is 48.2 Å². The topological polar surface area (TPSA) is 46.6 Å². The van der Waals surface area contributed by atoms with Crippen molar-refractivity contribution in [3.05, 3.63) is 64.6 Å². The van der Waals surface area contributed by atoms with Crippen LogP contribution in [0, 0.1) is 0 Å². The minimum absolute atomic E-state index is 0.0563. The molecule has 1 aliphatic rings. The van der Waals surface area contributed by atoms with Gasteiger partial charge >= 0.3 is 0 Å². The first-order valence-electron chi connectivity index (χ1n) is 7.52. The summed E-state index contributed by atoms with van der Waals surface area (Å²) in [6, 6.07) is 14.4. The number of methoxy groups -OCH3 is 1. The molecule has 0 N–H and O–H groups in total. The number of ether oxygens (including phenoxy) is 1. The normalized spacial score (nSPS) is 15.8. The van der Waals surface area contributed by atoms with Gasteiger partial charge < -0.3 is 4.74 Å². The highest BCUT2D eigenvalue weighted by molar-refractivity contribution is 8.27. The number of thioether (sulfide) groups is 1. The molecule has 25 heavy (non-hydrogen) atoms. The van der Waals surface area contributed by atoms with Gasteiger partial charge in [0.15, 0.2) is 10.1 Å². The molecule has 0 saturated carbocycles. The summed E-state index contributed by atoms with van der Waals surface area (Å²) in [5.74, 6) is 0.469. The van der Waals surface area contributed by atoms with Gasteiger partial charge in [0.25, 0.3) is 5.91 Å². The highest BCUT2D eigenvalue weighted by Crippen LogP contribution is 2.36. The van der Waals surface area contributed by atoms with Crippen LogP contribution in [0.25, 0.3) is 6.08 Å². The Morgan fingerprint density at radius 2 is 1.96 bits per heavy atom. The summed E-state index contributed by atoms with van der Waals surface area (Å²) in [6.45, 7) is 1.49. The number of nitrogens with zero attached hydrogens (tertiary/aromatic N) is 1. The molecule has 1 aliphatic heterocycles. The minimum Gasteiger partial charge on any atom is -0.497 e. The van der Waals surface area contributed by atoms with Gasteiger partial charge in [-0.2, -0.15) is 0 Å². The van der Waals surface area contributed by atoms with E-state index in [1.807, 2.05) is 24.3 Å². The number of benzene rings is 2. The van der Waals surface area contributed by atoms with E-state index in [1.54, 1.807) is 37.5 Å². The Kier molecular flexibility index (Phi) is 5.01. The lowest BCUT2D eigenvalue weighted by molar-refractivity contribution is -0.113. The molecule has 1 saturated heterocycles. The maximum absolute atomic E-state index is 12.8. The van der Waals surface area contributed by atoms with Gasteiger partial charge in [-0.15, -0.1) is 0 Å². The largest absolute Gasteiger partial charge is 0.497 e. The third kappa shape index (κ3) is 3.65. The summed E-state index contributed by atoms with van der Waals surface area (Å²) >= 11 is 6.61. The van der Waals surface area contributed by atoms with Gasteiger partial charge in [-0.25, -0.2) is 0 Å². The molecule has 0 spiro atoms. The number of carbonyl (C=O) groups is 2. The molecule has 4 nitrogen and oxygen atoms in total. The molecule has 6 heteroatoms. The van der Waals surface area contributed by atoms with Crippen LogP contribution in [-0.4, -0.2) is 23.1 Å². The molecule has 0 bridgehead atoms. The molecule has 1 fully saturated rings. The highest BCUT2D eigenvalue weighted by Gasteiger charge is 2.33. The zero-order valence-electron chi connectivity index (χ0n) is 13.7. The second kappa shape index (κ2) is 7.21. The number of rotatable bonds is 4. The van der Waals surface area contributed by atoms with Crippen LogP contribution in [0.3, 0.4) is 0 Å². The van der Waals surface area contributed by atoms with Crippen molar-refractivity contribution >= 4 is 51.8 Å². The van der Waals surface area contributed by atoms with Crippen molar-refractivity contribution in [2.45, 2.75) is 6.92 Å². The van der Waals surface area contributed by atoms with E-state index in [2.05, 4.69) is 0 Å². The summed E-state index contributed by atoms with van der Waals surface area (Å²) in [5.41, 5.74) is 2.00. The van der Waals surface area contributed by atoms with Gasteiger partial charge in [0.2, 0.25) is 0 Å². The van der Waals surface area contributed by atoms with Crippen molar-refractivity contribution in [1.82, 2.24) is 0 Å². The Labute approximate surface area is 155 Å². The van der Waals surface area contributed by atoms with Crippen molar-refractivity contribution in [2.75, 3.05) is 12.0 Å². The van der Waals surface area contributed by atoms with Crippen molar-refractivity contribution in [3.8, 4) is 5.75 Å². The van der Waals surface area contributed by atoms with E-state index in [0.29, 0.717) is 20.5 Å². The Hall–Kier alpha value is -2.44. The van der Waals surface area contributed by atoms with E-state index in [0.717, 1.165) is 11.3 Å². The predicted molar refractivity (Wildman–Crippen MR) is 105 cm³/mol. The molecular formula is C19H15NO3S2. The lowest BCUT2D eigenvalue weighted by Crippen LogP contribution is -2.27. The number of carbonyl (C=O) groups excluding carboxylic acids is 2. The van der Waals surface area contributed by atoms with Crippen molar-refractivity contribution in [1.29, 1.82) is 0 Å². The summed E-state index contributed by atoms with van der Waals surface area (Å²) in [4.78, 5) is 26.4. The molecule has 0 unspecified atom stereocenters. The third-order valence-electron chi connectivity index (χ3n) is 3.70. The summed E-state index contributed by atoms with van der Waals surface area (Å²) in [7, 11) is 1.60. The zero-order valence-corrected chi connectivity index (χ0v) is 15.3. The fraction of sp³-hybridized carbons (Fsp3) is 0.105. The smallest absolute Gasteiger partial charge is 0.270 e. The Morgan fingerprint density at radius 1 is 1.20 bits per heavy atom. The van der Waals surface area contributed by atoms with Gasteiger partial charge in [0, 0.05) is 5.56 Å². The summed E-state index contributed by atoms with van der Waals surface area (Å²) < 4.78 is 5.65. The maximum atomic E-state index is 12.8. The van der Waals surface area contributed by atoms with Gasteiger partial charge in [0.05, 0.1) is 17.7 Å². The summed E-state index contributed by atoms with van der Waals surface area (Å²) in [5, 5.41) is 0. The van der Waals surface area contributed by atoms with Crippen molar-refractivity contribution in [3.63, 3.8) is 0 Å². The first kappa shape index (κ1) is 17.4. The monoisotopic (exact) mass is 369 g/mol. The van der Waals surface area contributed by atoms with Crippen LogP contribution in [0.15, 0.2) is 53.4 Å². The summed E-state index contributed by atoms with van der Waals surface area (Å²) in [6.07, 6.45) is 1.79. The fourth-order valence-electron chi connectivity index (χ4n) is 2.44. The average molecular weight is 369 g/mol. The van der Waals surface area contributed by atoms with Crippen LogP contribution in [0.2, 0.25) is 0 Å². The average Bonchev–Trinajstić information content (AvgIpc) is 2.88. The van der Waals surface area contributed by atoms with Crippen LogP contribution in [-0.2, 0) is 4.79 Å². The van der Waals surface area contributed by atoms with E-state index in [4.69, 9.17) is 17.0 Å². The molecule has 1 heterocycles. The first-order valence-corrected chi connectivity index (χ1v) is 8.75. The standard InChI is InChI=1S/C19H15NO3S2/c1-12(21)14-6-4-7-15(11-14)20-18(22)17(25-19(20)24)10-13-5-3-8-16(9-13)23-2/h3-11H,1-2H3/b17-10-. The minimum atomic E-state index is -0.196. The molecule has 1 amide bonds. The first-order chi connectivity index (χ1) is 12.0. The van der Waals surface area contributed by atoms with E-state index in [9.17, 15) is 9.59 Å². The zero-order chi connectivity index (χ0) is 18.0. The van der Waals surface area contributed by atoms with E-state index in [-0.39, 0.29) is 11.7 Å². The lowest BCUT2D eigenvalue weighted by atomic mass is 10.1. The second-order valence-corrected chi connectivity index (χ2v) is 7.08. The molecule has 126 valence electrons. The second-order valence-electron chi connectivity index (χ2n) is 5.40. The van der Waals surface area contributed by atoms with Crippen molar-refractivity contribution < 1.29 is 14.3 Å². The predicted octanol–water partition coefficient (Wildman–Crippen LogP) is 4.30. The van der Waals surface area contributed by atoms with E-state index >= 15 is 0 Å². The fourth-order valence-corrected chi connectivity index (χ4v) is 3.74. The van der Waals surface area contributed by atoms with Crippen molar-refractivity contribution in [2.24, 2.45) is 0 Å². The highest BCUT2D eigenvalue weighted by atomic mass is 32.2. The number of hydrogen-bond donors (Lipinski definition) is 0. The molecule has 2 aromatic carbocycles. The molecule has 0 aliphatic carbocycles. The number of ketones is 1. The molecule has 0 radical (unpaired) electrons. The molecule has 3 rings (SSSR count). The maximum Gasteiger partial charge on any atom is 0.270 e. The number of thiocarbonyl (C=S) groups is 1. The van der Waals surface area contributed by atoms with Crippen LogP contribution >= 0.6 is 24.0 Å². The van der Waals surface area contributed by atoms with Crippen LogP contribution < -0.4 is 9.64 Å². The quantitative estimate of drug-likeness (QED) is 0.457. The van der Waals surface area contributed by atoms with Gasteiger partial charge in [-0.3, -0.25) is 14.5 Å². The van der Waals surface area contributed by atoms with Crippen LogP contribution in [0.5, 0.6) is 5.75 Å². The Bertz CT molecular complexity index is 905. The number of hydrogen-bond acceptors (Lipinski definition) is 5. The van der Waals surface area contributed by atoms with Gasteiger partial charge in [-0.05, 0) is 42.8 Å². The SMILES string of the molecule is COc1cccc(/C=C2\SC(=S)N(c3cccc(C(C)=O)c3)C2=O)c1.